The molecule has 4 atom stereocenters. The van der Waals surface area contributed by atoms with Gasteiger partial charge in [-0.1, -0.05) is 20.8 Å². The minimum Gasteiger partial charge on any atom is -0.394 e. The van der Waals surface area contributed by atoms with E-state index < -0.39 is 31.0 Å². The fourth-order valence-electron chi connectivity index (χ4n) is 2.04. The van der Waals surface area contributed by atoms with Crippen LogP contribution in [0.3, 0.4) is 0 Å². The minimum atomic E-state index is -1.30. The Morgan fingerprint density at radius 1 is 1.32 bits per heavy atom. The second kappa shape index (κ2) is 7.79. The van der Waals surface area contributed by atoms with E-state index in [1.54, 1.807) is 0 Å². The molecule has 0 spiro atoms. The van der Waals surface area contributed by atoms with Gasteiger partial charge in [0.15, 0.2) is 0 Å². The Hall–Kier alpha value is -0.690. The molecule has 0 aromatic carbocycles. The molecule has 0 bridgehead atoms. The standard InChI is InChI=1S/C13H27NO5/c1-8(16)14-9(6-13(2,3)4)12(19-5)11(18)10(17)7-15/h9-12,15,17-18H,6-7H2,1-5H3,(H,14,16)/t9-,10+,11+,12+/m0/s1. The number of methoxy groups -OCH3 is 1. The van der Waals surface area contributed by atoms with Crippen molar-refractivity contribution in [2.24, 2.45) is 5.41 Å². The summed E-state index contributed by atoms with van der Waals surface area (Å²) in [5.41, 5.74) is -0.0895. The summed E-state index contributed by atoms with van der Waals surface area (Å²) in [5, 5.41) is 31.1. The molecular weight excluding hydrogens is 250 g/mol. The van der Waals surface area contributed by atoms with Gasteiger partial charge in [-0.15, -0.1) is 0 Å². The largest absolute Gasteiger partial charge is 0.394 e. The van der Waals surface area contributed by atoms with Gasteiger partial charge in [-0.2, -0.15) is 0 Å². The lowest BCUT2D eigenvalue weighted by atomic mass is 9.84. The van der Waals surface area contributed by atoms with E-state index in [0.717, 1.165) is 0 Å². The SMILES string of the molecule is CO[C@@H]([C@H](O)[C@H](O)CO)[C@H](CC(C)(C)C)NC(C)=O. The van der Waals surface area contributed by atoms with Crippen molar-refractivity contribution in [3.63, 3.8) is 0 Å². The quantitative estimate of drug-likeness (QED) is 0.510. The number of hydrogen-bond donors (Lipinski definition) is 4. The molecule has 0 rings (SSSR count). The third-order valence-electron chi connectivity index (χ3n) is 2.81. The Kier molecular flexibility index (Phi) is 7.51. The normalized spacial score (nSPS) is 18.5. The van der Waals surface area contributed by atoms with Gasteiger partial charge >= 0.3 is 0 Å². The molecule has 0 aromatic rings. The molecule has 1 amide bonds. The summed E-state index contributed by atoms with van der Waals surface area (Å²) < 4.78 is 5.21. The van der Waals surface area contributed by atoms with Gasteiger partial charge < -0.3 is 25.4 Å². The first-order valence-electron chi connectivity index (χ1n) is 6.39. The van der Waals surface area contributed by atoms with Crippen LogP contribution in [-0.4, -0.2) is 59.3 Å². The smallest absolute Gasteiger partial charge is 0.217 e. The van der Waals surface area contributed by atoms with Gasteiger partial charge in [0.25, 0.3) is 0 Å². The van der Waals surface area contributed by atoms with Gasteiger partial charge in [0.1, 0.15) is 18.3 Å². The van der Waals surface area contributed by atoms with Crippen LogP contribution in [0.25, 0.3) is 0 Å². The molecule has 0 fully saturated rings. The predicted octanol–water partition coefficient (Wildman–Crippen LogP) is -0.344. The Bertz CT molecular complexity index is 277. The molecule has 0 saturated carbocycles. The molecular formula is C13H27NO5. The number of aliphatic hydroxyl groups is 3. The topological polar surface area (TPSA) is 99.0 Å². The van der Waals surface area contributed by atoms with Gasteiger partial charge in [-0.05, 0) is 11.8 Å². The van der Waals surface area contributed by atoms with Crippen LogP contribution < -0.4 is 5.32 Å². The second-order valence-electron chi connectivity index (χ2n) is 6.01. The van der Waals surface area contributed by atoms with Gasteiger partial charge in [-0.3, -0.25) is 4.79 Å². The molecule has 0 aromatic heterocycles. The maximum atomic E-state index is 11.3. The molecule has 0 unspecified atom stereocenters. The monoisotopic (exact) mass is 277 g/mol. The van der Waals surface area contributed by atoms with E-state index in [0.29, 0.717) is 6.42 Å². The van der Waals surface area contributed by atoms with Crippen LogP contribution in [0.15, 0.2) is 0 Å². The molecule has 114 valence electrons. The van der Waals surface area contributed by atoms with Gasteiger partial charge in [0.2, 0.25) is 5.91 Å². The van der Waals surface area contributed by atoms with Crippen molar-refractivity contribution < 1.29 is 24.9 Å². The average molecular weight is 277 g/mol. The van der Waals surface area contributed by atoms with Crippen molar-refractivity contribution in [2.45, 2.75) is 58.5 Å². The first-order chi connectivity index (χ1) is 8.62. The van der Waals surface area contributed by atoms with Crippen molar-refractivity contribution in [3.8, 4) is 0 Å². The number of aliphatic hydroxyl groups excluding tert-OH is 3. The maximum absolute atomic E-state index is 11.3. The van der Waals surface area contributed by atoms with Crippen LogP contribution >= 0.6 is 0 Å². The molecule has 0 saturated heterocycles. The molecule has 4 N–H and O–H groups in total. The fourth-order valence-corrected chi connectivity index (χ4v) is 2.04. The summed E-state index contributed by atoms with van der Waals surface area (Å²) >= 11 is 0. The van der Waals surface area contributed by atoms with E-state index >= 15 is 0 Å². The highest BCUT2D eigenvalue weighted by atomic mass is 16.5. The number of hydrogen-bond acceptors (Lipinski definition) is 5. The number of carbonyl (C=O) groups is 1. The van der Waals surface area contributed by atoms with Crippen LogP contribution in [0, 0.1) is 5.41 Å². The van der Waals surface area contributed by atoms with Crippen molar-refractivity contribution in [3.05, 3.63) is 0 Å². The Morgan fingerprint density at radius 3 is 2.16 bits per heavy atom. The van der Waals surface area contributed by atoms with E-state index in [-0.39, 0.29) is 11.3 Å². The van der Waals surface area contributed by atoms with E-state index in [1.165, 1.54) is 14.0 Å². The van der Waals surface area contributed by atoms with Crippen LogP contribution in [0.1, 0.15) is 34.1 Å². The van der Waals surface area contributed by atoms with E-state index in [4.69, 9.17) is 9.84 Å². The first kappa shape index (κ1) is 18.3. The third kappa shape index (κ3) is 6.87. The second-order valence-corrected chi connectivity index (χ2v) is 6.01. The molecule has 0 aliphatic carbocycles. The molecule has 6 nitrogen and oxygen atoms in total. The summed E-state index contributed by atoms with van der Waals surface area (Å²) in [6, 6.07) is -0.446. The van der Waals surface area contributed by atoms with Crippen LogP contribution in [0.2, 0.25) is 0 Å². The zero-order valence-electron chi connectivity index (χ0n) is 12.4. The third-order valence-corrected chi connectivity index (χ3v) is 2.81. The average Bonchev–Trinajstić information content (AvgIpc) is 2.25. The zero-order valence-corrected chi connectivity index (χ0v) is 12.4. The highest BCUT2D eigenvalue weighted by molar-refractivity contribution is 5.73. The highest BCUT2D eigenvalue weighted by Gasteiger charge is 2.35. The van der Waals surface area contributed by atoms with Gasteiger partial charge in [0, 0.05) is 14.0 Å². The number of ether oxygens (including phenoxy) is 1. The van der Waals surface area contributed by atoms with Crippen LogP contribution in [0.5, 0.6) is 0 Å². The molecule has 19 heavy (non-hydrogen) atoms. The van der Waals surface area contributed by atoms with Gasteiger partial charge in [0.05, 0.1) is 12.6 Å². The van der Waals surface area contributed by atoms with E-state index in [2.05, 4.69) is 5.32 Å². The summed E-state index contributed by atoms with van der Waals surface area (Å²) in [7, 11) is 1.40. The van der Waals surface area contributed by atoms with Crippen LogP contribution in [0.4, 0.5) is 0 Å². The molecule has 0 aliphatic rings. The van der Waals surface area contributed by atoms with E-state index in [1.807, 2.05) is 20.8 Å². The number of rotatable bonds is 7. The lowest BCUT2D eigenvalue weighted by Gasteiger charge is -2.35. The lowest BCUT2D eigenvalue weighted by Crippen LogP contribution is -2.54. The molecule has 0 heterocycles. The number of carbonyl (C=O) groups excluding carboxylic acids is 1. The van der Waals surface area contributed by atoms with E-state index in [9.17, 15) is 15.0 Å². The zero-order chi connectivity index (χ0) is 15.2. The summed E-state index contributed by atoms with van der Waals surface area (Å²) in [6.07, 6.45) is -2.79. The molecule has 6 heteroatoms. The lowest BCUT2D eigenvalue weighted by molar-refractivity contribution is -0.126. The summed E-state index contributed by atoms with van der Waals surface area (Å²) in [6.45, 7) is 6.83. The molecule has 0 aliphatic heterocycles. The fraction of sp³-hybridized carbons (Fsp3) is 0.923. The highest BCUT2D eigenvalue weighted by Crippen LogP contribution is 2.24. The Labute approximate surface area is 114 Å². The van der Waals surface area contributed by atoms with Crippen molar-refractivity contribution in [1.82, 2.24) is 5.32 Å². The number of nitrogens with one attached hydrogen (secondary N) is 1. The van der Waals surface area contributed by atoms with Gasteiger partial charge in [-0.25, -0.2) is 0 Å². The predicted molar refractivity (Wildman–Crippen MR) is 71.6 cm³/mol. The Morgan fingerprint density at radius 2 is 1.84 bits per heavy atom. The molecule has 0 radical (unpaired) electrons. The van der Waals surface area contributed by atoms with Crippen molar-refractivity contribution in [2.75, 3.05) is 13.7 Å². The van der Waals surface area contributed by atoms with Crippen molar-refractivity contribution in [1.29, 1.82) is 0 Å². The summed E-state index contributed by atoms with van der Waals surface area (Å²) in [5.74, 6) is -0.234. The minimum absolute atomic E-state index is 0.0895. The first-order valence-corrected chi connectivity index (χ1v) is 6.39. The maximum Gasteiger partial charge on any atom is 0.217 e. The number of amides is 1. The Balaban J connectivity index is 5.00. The summed E-state index contributed by atoms with van der Waals surface area (Å²) in [4.78, 5) is 11.3. The van der Waals surface area contributed by atoms with Crippen molar-refractivity contribution >= 4 is 5.91 Å². The van der Waals surface area contributed by atoms with Crippen LogP contribution in [-0.2, 0) is 9.53 Å².